The Balaban J connectivity index is 3.86. The predicted octanol–water partition coefficient (Wildman–Crippen LogP) is 6.97. The van der Waals surface area contributed by atoms with Crippen molar-refractivity contribution in [3.05, 3.63) is 53.0 Å². The SMILES string of the molecule is CC(C)=CCC/C(C)=C/[CH]C/C=C(\C)CCC=C(C)C. The maximum Gasteiger partial charge on any atom is -0.0130 e. The molecule has 0 aliphatic carbocycles. The molecule has 0 saturated carbocycles. The summed E-state index contributed by atoms with van der Waals surface area (Å²) in [5, 5.41) is 0. The van der Waals surface area contributed by atoms with Gasteiger partial charge < -0.3 is 0 Å². The van der Waals surface area contributed by atoms with Crippen LogP contribution in [0, 0.1) is 6.42 Å². The van der Waals surface area contributed by atoms with Crippen LogP contribution in [-0.4, -0.2) is 0 Å². The topological polar surface area (TPSA) is 0 Å². The van der Waals surface area contributed by atoms with Gasteiger partial charge in [-0.25, -0.2) is 0 Å². The summed E-state index contributed by atoms with van der Waals surface area (Å²) >= 11 is 0. The van der Waals surface area contributed by atoms with Crippen LogP contribution in [0.5, 0.6) is 0 Å². The second-order valence-corrected chi connectivity index (χ2v) is 6.18. The molecule has 0 spiro atoms. The van der Waals surface area contributed by atoms with Crippen molar-refractivity contribution in [3.8, 4) is 0 Å². The van der Waals surface area contributed by atoms with Crippen molar-refractivity contribution < 1.29 is 0 Å². The largest absolute Gasteiger partial charge is 0.0856 e. The molecule has 0 bridgehead atoms. The molecule has 0 aromatic rings. The molecule has 0 unspecified atom stereocenters. The summed E-state index contributed by atoms with van der Waals surface area (Å²) in [6.07, 6.45) is 17.3. The van der Waals surface area contributed by atoms with Crippen molar-refractivity contribution in [2.75, 3.05) is 0 Å². The average molecular weight is 273 g/mol. The zero-order valence-corrected chi connectivity index (χ0v) is 14.4. The molecule has 0 atom stereocenters. The third kappa shape index (κ3) is 13.4. The Morgan fingerprint density at radius 1 is 0.650 bits per heavy atom. The first-order chi connectivity index (χ1) is 9.41. The molecule has 0 aromatic carbocycles. The van der Waals surface area contributed by atoms with Gasteiger partial charge in [0.25, 0.3) is 0 Å². The predicted molar refractivity (Wildman–Crippen MR) is 93.8 cm³/mol. The molecule has 0 aromatic heterocycles. The number of hydrogen-bond donors (Lipinski definition) is 0. The van der Waals surface area contributed by atoms with Crippen LogP contribution >= 0.6 is 0 Å². The quantitative estimate of drug-likeness (QED) is 0.314. The van der Waals surface area contributed by atoms with Crippen LogP contribution in [0.15, 0.2) is 46.6 Å². The van der Waals surface area contributed by atoms with Crippen molar-refractivity contribution in [3.63, 3.8) is 0 Å². The zero-order valence-electron chi connectivity index (χ0n) is 14.4. The first kappa shape index (κ1) is 19.0. The maximum atomic E-state index is 2.35. The van der Waals surface area contributed by atoms with Gasteiger partial charge in [-0.1, -0.05) is 46.6 Å². The van der Waals surface area contributed by atoms with E-state index in [0.717, 1.165) is 12.8 Å². The molecule has 0 heterocycles. The minimum Gasteiger partial charge on any atom is -0.0856 e. The van der Waals surface area contributed by atoms with Crippen molar-refractivity contribution >= 4 is 0 Å². The second kappa shape index (κ2) is 11.8. The molecule has 0 aliphatic heterocycles. The van der Waals surface area contributed by atoms with Crippen LogP contribution in [0.1, 0.15) is 73.6 Å². The van der Waals surface area contributed by atoms with E-state index < -0.39 is 0 Å². The summed E-state index contributed by atoms with van der Waals surface area (Å²) in [7, 11) is 0. The summed E-state index contributed by atoms with van der Waals surface area (Å²) < 4.78 is 0. The van der Waals surface area contributed by atoms with Crippen molar-refractivity contribution in [2.45, 2.75) is 73.6 Å². The average Bonchev–Trinajstić information content (AvgIpc) is 2.33. The highest BCUT2D eigenvalue weighted by atomic mass is 14.0. The molecule has 0 aliphatic rings. The van der Waals surface area contributed by atoms with Crippen LogP contribution in [0.2, 0.25) is 0 Å². The Morgan fingerprint density at radius 3 is 1.65 bits per heavy atom. The first-order valence-corrected chi connectivity index (χ1v) is 7.83. The van der Waals surface area contributed by atoms with Gasteiger partial charge in [-0.05, 0) is 80.1 Å². The number of allylic oxidation sites excluding steroid dienone is 8. The molecule has 113 valence electrons. The fourth-order valence-electron chi connectivity index (χ4n) is 1.90. The van der Waals surface area contributed by atoms with E-state index in [9.17, 15) is 0 Å². The minimum absolute atomic E-state index is 1.06. The van der Waals surface area contributed by atoms with Crippen molar-refractivity contribution in [1.29, 1.82) is 0 Å². The summed E-state index contributed by atoms with van der Waals surface area (Å²) in [6.45, 7) is 13.1. The lowest BCUT2D eigenvalue weighted by atomic mass is 10.1. The Labute approximate surface area is 127 Å². The Kier molecular flexibility index (Phi) is 11.1. The lowest BCUT2D eigenvalue weighted by molar-refractivity contribution is 0.950. The van der Waals surface area contributed by atoms with Gasteiger partial charge in [-0.2, -0.15) is 0 Å². The standard InChI is InChI=1S/C20H33/c1-17(2)11-9-15-19(5)13-7-8-14-20(6)16-10-12-18(3)4/h7,11-14H,8-10,15-16H2,1-6H3/b19-13+,20-14+. The molecule has 0 N–H and O–H groups in total. The van der Waals surface area contributed by atoms with Crippen LogP contribution in [0.4, 0.5) is 0 Å². The van der Waals surface area contributed by atoms with Gasteiger partial charge >= 0.3 is 0 Å². The molecule has 0 heteroatoms. The zero-order chi connectivity index (χ0) is 15.4. The Hall–Kier alpha value is -1.04. The second-order valence-electron chi connectivity index (χ2n) is 6.18. The first-order valence-electron chi connectivity index (χ1n) is 7.83. The van der Waals surface area contributed by atoms with Crippen LogP contribution < -0.4 is 0 Å². The summed E-state index contributed by atoms with van der Waals surface area (Å²) in [4.78, 5) is 0. The maximum absolute atomic E-state index is 2.35. The monoisotopic (exact) mass is 273 g/mol. The lowest BCUT2D eigenvalue weighted by Gasteiger charge is -2.00. The molecular weight excluding hydrogens is 240 g/mol. The summed E-state index contributed by atoms with van der Waals surface area (Å²) in [5.74, 6) is 0. The summed E-state index contributed by atoms with van der Waals surface area (Å²) in [5.41, 5.74) is 5.79. The van der Waals surface area contributed by atoms with Gasteiger partial charge in [0.05, 0.1) is 0 Å². The third-order valence-corrected chi connectivity index (χ3v) is 3.19. The molecule has 0 nitrogen and oxygen atoms in total. The molecule has 0 saturated heterocycles. The van der Waals surface area contributed by atoms with Crippen LogP contribution in [-0.2, 0) is 0 Å². The van der Waals surface area contributed by atoms with E-state index in [2.05, 4.69) is 72.3 Å². The molecule has 0 fully saturated rings. The molecular formula is C20H33. The highest BCUT2D eigenvalue weighted by Gasteiger charge is 1.91. The van der Waals surface area contributed by atoms with Gasteiger partial charge in [0.15, 0.2) is 0 Å². The van der Waals surface area contributed by atoms with Gasteiger partial charge in [0.1, 0.15) is 0 Å². The van der Waals surface area contributed by atoms with E-state index in [1.54, 1.807) is 0 Å². The lowest BCUT2D eigenvalue weighted by Crippen LogP contribution is -1.80. The Bertz CT molecular complexity index is 329. The number of rotatable bonds is 9. The summed E-state index contributed by atoms with van der Waals surface area (Å²) in [6, 6.07) is 0. The van der Waals surface area contributed by atoms with Gasteiger partial charge in [0.2, 0.25) is 0 Å². The van der Waals surface area contributed by atoms with E-state index in [4.69, 9.17) is 0 Å². The number of unbranched alkanes of at least 4 members (excludes halogenated alkanes) is 1. The molecule has 1 radical (unpaired) electrons. The Morgan fingerprint density at radius 2 is 1.15 bits per heavy atom. The molecule has 20 heavy (non-hydrogen) atoms. The minimum atomic E-state index is 1.06. The molecule has 0 amide bonds. The van der Waals surface area contributed by atoms with E-state index >= 15 is 0 Å². The van der Waals surface area contributed by atoms with E-state index in [-0.39, 0.29) is 0 Å². The van der Waals surface area contributed by atoms with Gasteiger partial charge in [0, 0.05) is 0 Å². The molecule has 0 rings (SSSR count). The van der Waals surface area contributed by atoms with E-state index in [1.165, 1.54) is 41.6 Å². The van der Waals surface area contributed by atoms with Crippen LogP contribution in [0.3, 0.4) is 0 Å². The highest BCUT2D eigenvalue weighted by Crippen LogP contribution is 2.11. The fraction of sp³-hybridized carbons (Fsp3) is 0.550. The highest BCUT2D eigenvalue weighted by molar-refractivity contribution is 5.11. The van der Waals surface area contributed by atoms with E-state index in [0.29, 0.717) is 0 Å². The fourth-order valence-corrected chi connectivity index (χ4v) is 1.90. The van der Waals surface area contributed by atoms with Crippen molar-refractivity contribution in [2.24, 2.45) is 0 Å². The van der Waals surface area contributed by atoms with Crippen molar-refractivity contribution in [1.82, 2.24) is 0 Å². The van der Waals surface area contributed by atoms with Crippen LogP contribution in [0.25, 0.3) is 0 Å². The number of hydrogen-bond acceptors (Lipinski definition) is 0. The van der Waals surface area contributed by atoms with Gasteiger partial charge in [-0.15, -0.1) is 0 Å². The normalized spacial score (nSPS) is 12.3. The van der Waals surface area contributed by atoms with Gasteiger partial charge in [-0.3, -0.25) is 0 Å². The third-order valence-electron chi connectivity index (χ3n) is 3.19. The van der Waals surface area contributed by atoms with E-state index in [1.807, 2.05) is 0 Å². The smallest absolute Gasteiger partial charge is 0.0130 e.